The third-order valence-electron chi connectivity index (χ3n) is 3.11. The minimum absolute atomic E-state index is 0.0538. The monoisotopic (exact) mass is 258 g/mol. The van der Waals surface area contributed by atoms with E-state index in [4.69, 9.17) is 9.47 Å². The van der Waals surface area contributed by atoms with Crippen molar-refractivity contribution in [1.29, 1.82) is 0 Å². The van der Waals surface area contributed by atoms with Crippen LogP contribution in [0.3, 0.4) is 0 Å². The Morgan fingerprint density at radius 3 is 2.83 bits per heavy atom. The van der Waals surface area contributed by atoms with E-state index in [1.54, 1.807) is 0 Å². The maximum Gasteiger partial charge on any atom is 0.227 e. The van der Waals surface area contributed by atoms with Crippen LogP contribution in [0.15, 0.2) is 0 Å². The van der Waals surface area contributed by atoms with Gasteiger partial charge >= 0.3 is 0 Å². The first-order valence-corrected chi connectivity index (χ1v) is 6.79. The van der Waals surface area contributed by atoms with Gasteiger partial charge in [0.15, 0.2) is 0 Å². The number of hydrogen-bond acceptors (Lipinski definition) is 4. The molecule has 0 aromatic rings. The molecule has 0 aromatic heterocycles. The molecule has 1 aliphatic rings. The molecular formula is C13H26N2O3. The molecule has 0 aromatic carbocycles. The van der Waals surface area contributed by atoms with Crippen LogP contribution in [0, 0.1) is 5.92 Å². The summed E-state index contributed by atoms with van der Waals surface area (Å²) >= 11 is 0. The minimum atomic E-state index is -0.0538. The Morgan fingerprint density at radius 2 is 2.17 bits per heavy atom. The number of nitrogens with one attached hydrogen (secondary N) is 2. The molecule has 2 atom stereocenters. The molecule has 1 fully saturated rings. The summed E-state index contributed by atoms with van der Waals surface area (Å²) in [5.41, 5.74) is 0. The number of carbonyl (C=O) groups is 1. The van der Waals surface area contributed by atoms with Crippen molar-refractivity contribution in [2.45, 2.75) is 38.8 Å². The van der Waals surface area contributed by atoms with Gasteiger partial charge in [0, 0.05) is 19.2 Å². The zero-order chi connectivity index (χ0) is 13.4. The summed E-state index contributed by atoms with van der Waals surface area (Å²) in [6.45, 7) is 6.68. The van der Waals surface area contributed by atoms with E-state index in [9.17, 15) is 4.79 Å². The standard InChI is InChI=1S/C13H26N2O3/c1-10(2)18-7-5-4-6-15-13(16)11-8-17-9-12(11)14-3/h10-12,14H,4-9H2,1-3H3,(H,15,16). The van der Waals surface area contributed by atoms with Gasteiger partial charge in [0.2, 0.25) is 5.91 Å². The van der Waals surface area contributed by atoms with Crippen LogP contribution in [-0.4, -0.2) is 51.5 Å². The summed E-state index contributed by atoms with van der Waals surface area (Å²) in [5, 5.41) is 6.07. The van der Waals surface area contributed by atoms with Crippen molar-refractivity contribution >= 4 is 5.91 Å². The summed E-state index contributed by atoms with van der Waals surface area (Å²) in [7, 11) is 1.86. The normalized spacial score (nSPS) is 23.6. The van der Waals surface area contributed by atoms with E-state index < -0.39 is 0 Å². The largest absolute Gasteiger partial charge is 0.379 e. The molecule has 1 aliphatic heterocycles. The maximum absolute atomic E-state index is 11.9. The number of amides is 1. The third-order valence-corrected chi connectivity index (χ3v) is 3.11. The molecule has 106 valence electrons. The van der Waals surface area contributed by atoms with Gasteiger partial charge in [0.1, 0.15) is 0 Å². The summed E-state index contributed by atoms with van der Waals surface area (Å²) in [6, 6.07) is 0.147. The first-order chi connectivity index (χ1) is 8.65. The van der Waals surface area contributed by atoms with E-state index in [0.29, 0.717) is 19.8 Å². The average Bonchev–Trinajstić information content (AvgIpc) is 2.81. The molecule has 18 heavy (non-hydrogen) atoms. The molecule has 0 saturated carbocycles. The van der Waals surface area contributed by atoms with Crippen molar-refractivity contribution < 1.29 is 14.3 Å². The van der Waals surface area contributed by atoms with Gasteiger partial charge in [0.25, 0.3) is 0 Å². The van der Waals surface area contributed by atoms with Crippen molar-refractivity contribution in [2.24, 2.45) is 5.92 Å². The predicted octanol–water partition coefficient (Wildman–Crippen LogP) is 0.542. The number of hydrogen-bond donors (Lipinski definition) is 2. The number of ether oxygens (including phenoxy) is 2. The van der Waals surface area contributed by atoms with E-state index >= 15 is 0 Å². The number of unbranched alkanes of at least 4 members (excludes halogenated alkanes) is 1. The molecule has 1 rings (SSSR count). The van der Waals surface area contributed by atoms with Crippen molar-refractivity contribution in [1.82, 2.24) is 10.6 Å². The zero-order valence-corrected chi connectivity index (χ0v) is 11.7. The Hall–Kier alpha value is -0.650. The van der Waals surface area contributed by atoms with Gasteiger partial charge in [-0.1, -0.05) is 0 Å². The van der Waals surface area contributed by atoms with Crippen molar-refractivity contribution in [3.8, 4) is 0 Å². The molecule has 1 saturated heterocycles. The van der Waals surface area contributed by atoms with E-state index in [2.05, 4.69) is 10.6 Å². The van der Waals surface area contributed by atoms with E-state index in [-0.39, 0.29) is 24.0 Å². The Labute approximate surface area is 110 Å². The van der Waals surface area contributed by atoms with Gasteiger partial charge < -0.3 is 20.1 Å². The highest BCUT2D eigenvalue weighted by molar-refractivity contribution is 5.79. The lowest BCUT2D eigenvalue weighted by molar-refractivity contribution is -0.125. The van der Waals surface area contributed by atoms with Crippen molar-refractivity contribution in [3.05, 3.63) is 0 Å². The lowest BCUT2D eigenvalue weighted by Crippen LogP contribution is -2.42. The van der Waals surface area contributed by atoms with Crippen LogP contribution in [0.1, 0.15) is 26.7 Å². The minimum Gasteiger partial charge on any atom is -0.379 e. The fraction of sp³-hybridized carbons (Fsp3) is 0.923. The van der Waals surface area contributed by atoms with Gasteiger partial charge in [0.05, 0.1) is 25.2 Å². The first kappa shape index (κ1) is 15.4. The van der Waals surface area contributed by atoms with Gasteiger partial charge in [-0.15, -0.1) is 0 Å². The summed E-state index contributed by atoms with van der Waals surface area (Å²) in [5.74, 6) is 0.0403. The maximum atomic E-state index is 11.9. The van der Waals surface area contributed by atoms with Gasteiger partial charge in [-0.2, -0.15) is 0 Å². The second-order valence-corrected chi connectivity index (χ2v) is 4.96. The fourth-order valence-electron chi connectivity index (χ4n) is 1.99. The van der Waals surface area contributed by atoms with Crippen LogP contribution in [0.2, 0.25) is 0 Å². The molecule has 0 bridgehead atoms. The summed E-state index contributed by atoms with van der Waals surface area (Å²) in [6.07, 6.45) is 2.22. The number of likely N-dealkylation sites (N-methyl/N-ethyl adjacent to an activating group) is 1. The molecular weight excluding hydrogens is 232 g/mol. The lowest BCUT2D eigenvalue weighted by Gasteiger charge is -2.16. The SMILES string of the molecule is CNC1COCC1C(=O)NCCCCOC(C)C. The van der Waals surface area contributed by atoms with Crippen molar-refractivity contribution in [3.63, 3.8) is 0 Å². The highest BCUT2D eigenvalue weighted by atomic mass is 16.5. The van der Waals surface area contributed by atoms with Crippen LogP contribution in [0.4, 0.5) is 0 Å². The smallest absolute Gasteiger partial charge is 0.227 e. The van der Waals surface area contributed by atoms with Gasteiger partial charge in [-0.25, -0.2) is 0 Å². The van der Waals surface area contributed by atoms with Crippen LogP contribution in [-0.2, 0) is 14.3 Å². The molecule has 2 N–H and O–H groups in total. The van der Waals surface area contributed by atoms with E-state index in [1.807, 2.05) is 20.9 Å². The molecule has 0 aliphatic carbocycles. The molecule has 5 nitrogen and oxygen atoms in total. The third kappa shape index (κ3) is 5.33. The second-order valence-electron chi connectivity index (χ2n) is 4.96. The van der Waals surface area contributed by atoms with E-state index in [1.165, 1.54) is 0 Å². The molecule has 0 radical (unpaired) electrons. The van der Waals surface area contributed by atoms with Crippen molar-refractivity contribution in [2.75, 3.05) is 33.4 Å². The molecule has 2 unspecified atom stereocenters. The van der Waals surface area contributed by atoms with Crippen LogP contribution in [0.25, 0.3) is 0 Å². The molecule has 1 amide bonds. The number of rotatable bonds is 8. The quantitative estimate of drug-likeness (QED) is 0.624. The van der Waals surface area contributed by atoms with Gasteiger partial charge in [-0.05, 0) is 33.7 Å². The Bertz CT molecular complexity index is 246. The molecule has 1 heterocycles. The second kappa shape index (κ2) is 8.45. The number of carbonyl (C=O) groups excluding carboxylic acids is 1. The highest BCUT2D eigenvalue weighted by Crippen LogP contribution is 2.13. The topological polar surface area (TPSA) is 59.6 Å². The first-order valence-electron chi connectivity index (χ1n) is 6.79. The highest BCUT2D eigenvalue weighted by Gasteiger charge is 2.32. The predicted molar refractivity (Wildman–Crippen MR) is 70.5 cm³/mol. The fourth-order valence-corrected chi connectivity index (χ4v) is 1.99. The summed E-state index contributed by atoms with van der Waals surface area (Å²) < 4.78 is 10.8. The molecule has 5 heteroatoms. The Balaban J connectivity index is 2.06. The van der Waals surface area contributed by atoms with Crippen LogP contribution < -0.4 is 10.6 Å². The Kier molecular flexibility index (Phi) is 7.23. The van der Waals surface area contributed by atoms with Crippen LogP contribution in [0.5, 0.6) is 0 Å². The summed E-state index contributed by atoms with van der Waals surface area (Å²) in [4.78, 5) is 11.9. The average molecular weight is 258 g/mol. The van der Waals surface area contributed by atoms with Gasteiger partial charge in [-0.3, -0.25) is 4.79 Å². The molecule has 0 spiro atoms. The van der Waals surface area contributed by atoms with Crippen LogP contribution >= 0.6 is 0 Å². The Morgan fingerprint density at radius 1 is 1.39 bits per heavy atom. The zero-order valence-electron chi connectivity index (χ0n) is 11.7. The van der Waals surface area contributed by atoms with E-state index in [0.717, 1.165) is 19.4 Å². The lowest BCUT2D eigenvalue weighted by atomic mass is 10.0.